The van der Waals surface area contributed by atoms with E-state index < -0.39 is 5.91 Å². The number of aliphatic hydroxyl groups is 1. The first-order valence-electron chi connectivity index (χ1n) is 8.64. The standard InChI is InChI=1S/C21H22N2O4/c1-14-5-4-6-16(13-14)23-20(25)18(15-7-9-17(27-3)10-8-15)19(21(23)26)22(2)11-12-24/h4-10,13,24H,11-12H2,1-3H3. The molecule has 0 aliphatic carbocycles. The summed E-state index contributed by atoms with van der Waals surface area (Å²) in [5.41, 5.74) is 2.71. The second-order valence-corrected chi connectivity index (χ2v) is 6.38. The highest BCUT2D eigenvalue weighted by Gasteiger charge is 2.41. The lowest BCUT2D eigenvalue weighted by molar-refractivity contribution is -0.120. The fraction of sp³-hybridized carbons (Fsp3) is 0.238. The molecule has 1 aliphatic rings. The zero-order chi connectivity index (χ0) is 19.6. The van der Waals surface area contributed by atoms with Crippen LogP contribution >= 0.6 is 0 Å². The number of carbonyl (C=O) groups excluding carboxylic acids is 2. The Morgan fingerprint density at radius 3 is 2.37 bits per heavy atom. The molecule has 27 heavy (non-hydrogen) atoms. The monoisotopic (exact) mass is 366 g/mol. The van der Waals surface area contributed by atoms with Gasteiger partial charge in [-0.25, -0.2) is 4.90 Å². The van der Waals surface area contributed by atoms with Crippen molar-refractivity contribution in [3.8, 4) is 5.75 Å². The van der Waals surface area contributed by atoms with Crippen molar-refractivity contribution < 1.29 is 19.4 Å². The number of ether oxygens (including phenoxy) is 1. The van der Waals surface area contributed by atoms with Crippen LogP contribution in [0.1, 0.15) is 11.1 Å². The van der Waals surface area contributed by atoms with Gasteiger partial charge < -0.3 is 14.7 Å². The van der Waals surface area contributed by atoms with Gasteiger partial charge >= 0.3 is 0 Å². The van der Waals surface area contributed by atoms with Gasteiger partial charge in [-0.05, 0) is 42.3 Å². The van der Waals surface area contributed by atoms with E-state index in [1.807, 2.05) is 19.1 Å². The summed E-state index contributed by atoms with van der Waals surface area (Å²) in [7, 11) is 3.26. The molecular formula is C21H22N2O4. The first-order chi connectivity index (χ1) is 13.0. The number of imide groups is 1. The molecule has 0 aromatic heterocycles. The molecule has 2 amide bonds. The molecule has 2 aromatic carbocycles. The molecular weight excluding hydrogens is 344 g/mol. The van der Waals surface area contributed by atoms with Gasteiger partial charge in [-0.15, -0.1) is 0 Å². The summed E-state index contributed by atoms with van der Waals surface area (Å²) in [6.45, 7) is 2.03. The molecule has 6 nitrogen and oxygen atoms in total. The van der Waals surface area contributed by atoms with Crippen molar-refractivity contribution >= 4 is 23.1 Å². The Kier molecular flexibility index (Phi) is 5.28. The first kappa shape index (κ1) is 18.7. The van der Waals surface area contributed by atoms with E-state index in [9.17, 15) is 14.7 Å². The minimum Gasteiger partial charge on any atom is -0.497 e. The third-order valence-electron chi connectivity index (χ3n) is 4.52. The molecule has 140 valence electrons. The summed E-state index contributed by atoms with van der Waals surface area (Å²) in [6.07, 6.45) is 0. The predicted molar refractivity (Wildman–Crippen MR) is 103 cm³/mol. The molecule has 3 rings (SSSR count). The highest BCUT2D eigenvalue weighted by atomic mass is 16.5. The van der Waals surface area contributed by atoms with Crippen LogP contribution in [0.15, 0.2) is 54.2 Å². The number of amides is 2. The molecule has 0 radical (unpaired) electrons. The molecule has 0 fully saturated rings. The van der Waals surface area contributed by atoms with E-state index in [1.54, 1.807) is 55.5 Å². The molecule has 0 saturated carbocycles. The summed E-state index contributed by atoms with van der Waals surface area (Å²) in [5, 5.41) is 9.30. The lowest BCUT2D eigenvalue weighted by atomic mass is 10.0. The van der Waals surface area contributed by atoms with E-state index >= 15 is 0 Å². The van der Waals surface area contributed by atoms with Crippen molar-refractivity contribution in [3.63, 3.8) is 0 Å². The second kappa shape index (κ2) is 7.63. The third-order valence-corrected chi connectivity index (χ3v) is 4.52. The molecule has 0 atom stereocenters. The maximum atomic E-state index is 13.2. The fourth-order valence-electron chi connectivity index (χ4n) is 3.15. The van der Waals surface area contributed by atoms with Crippen LogP contribution in [-0.4, -0.2) is 49.1 Å². The number of anilines is 1. The number of carbonyl (C=O) groups is 2. The van der Waals surface area contributed by atoms with Crippen LogP contribution in [0.3, 0.4) is 0 Å². The van der Waals surface area contributed by atoms with Gasteiger partial charge in [-0.2, -0.15) is 0 Å². The molecule has 0 unspecified atom stereocenters. The maximum Gasteiger partial charge on any atom is 0.282 e. The van der Waals surface area contributed by atoms with Crippen molar-refractivity contribution in [2.75, 3.05) is 32.2 Å². The van der Waals surface area contributed by atoms with E-state index in [4.69, 9.17) is 4.74 Å². The van der Waals surface area contributed by atoms with Crippen LogP contribution in [0.2, 0.25) is 0 Å². The van der Waals surface area contributed by atoms with Gasteiger partial charge in [0.2, 0.25) is 0 Å². The van der Waals surface area contributed by atoms with Crippen molar-refractivity contribution in [1.29, 1.82) is 0 Å². The number of rotatable bonds is 6. The Labute approximate surface area is 158 Å². The first-order valence-corrected chi connectivity index (χ1v) is 8.64. The van der Waals surface area contributed by atoms with Gasteiger partial charge in [0.05, 0.1) is 25.0 Å². The molecule has 2 aromatic rings. The largest absolute Gasteiger partial charge is 0.497 e. The van der Waals surface area contributed by atoms with Crippen molar-refractivity contribution in [2.45, 2.75) is 6.92 Å². The van der Waals surface area contributed by atoms with E-state index in [2.05, 4.69) is 0 Å². The zero-order valence-corrected chi connectivity index (χ0v) is 15.6. The average Bonchev–Trinajstić information content (AvgIpc) is 2.92. The molecule has 6 heteroatoms. The van der Waals surface area contributed by atoms with Gasteiger partial charge in [0, 0.05) is 13.6 Å². The summed E-state index contributed by atoms with van der Waals surface area (Å²) >= 11 is 0. The van der Waals surface area contributed by atoms with Crippen molar-refractivity contribution in [2.24, 2.45) is 0 Å². The molecule has 1 N–H and O–H groups in total. The lowest BCUT2D eigenvalue weighted by Crippen LogP contribution is -2.34. The van der Waals surface area contributed by atoms with Crippen LogP contribution < -0.4 is 9.64 Å². The number of methoxy groups -OCH3 is 1. The highest BCUT2D eigenvalue weighted by Crippen LogP contribution is 2.35. The van der Waals surface area contributed by atoms with Crippen LogP contribution in [0.25, 0.3) is 5.57 Å². The maximum absolute atomic E-state index is 13.2. The van der Waals surface area contributed by atoms with Gasteiger partial charge in [0.15, 0.2) is 0 Å². The number of aliphatic hydroxyl groups excluding tert-OH is 1. The fourth-order valence-corrected chi connectivity index (χ4v) is 3.15. The number of aryl methyl sites for hydroxylation is 1. The molecule has 0 saturated heterocycles. The minimum absolute atomic E-state index is 0.123. The van der Waals surface area contributed by atoms with Crippen molar-refractivity contribution in [1.82, 2.24) is 4.90 Å². The minimum atomic E-state index is -0.396. The molecule has 1 heterocycles. The summed E-state index contributed by atoms with van der Waals surface area (Å²) in [5.74, 6) is -0.111. The van der Waals surface area contributed by atoms with Gasteiger partial charge in [-0.3, -0.25) is 9.59 Å². The van der Waals surface area contributed by atoms with E-state index in [0.717, 1.165) is 5.56 Å². The number of nitrogens with zero attached hydrogens (tertiary/aromatic N) is 2. The summed E-state index contributed by atoms with van der Waals surface area (Å²) in [4.78, 5) is 29.2. The van der Waals surface area contributed by atoms with Crippen LogP contribution in [-0.2, 0) is 9.59 Å². The zero-order valence-electron chi connectivity index (χ0n) is 15.6. The van der Waals surface area contributed by atoms with E-state index in [0.29, 0.717) is 22.6 Å². The summed E-state index contributed by atoms with van der Waals surface area (Å²) < 4.78 is 5.17. The topological polar surface area (TPSA) is 70.1 Å². The number of hydrogen-bond donors (Lipinski definition) is 1. The molecule has 0 spiro atoms. The quantitative estimate of drug-likeness (QED) is 0.794. The molecule has 1 aliphatic heterocycles. The lowest BCUT2D eigenvalue weighted by Gasteiger charge is -2.20. The predicted octanol–water partition coefficient (Wildman–Crippen LogP) is 2.21. The SMILES string of the molecule is COc1ccc(C2=C(N(C)CCO)C(=O)N(c3cccc(C)c3)C2=O)cc1. The molecule has 0 bridgehead atoms. The van der Waals surface area contributed by atoms with E-state index in [-0.39, 0.29) is 24.8 Å². The summed E-state index contributed by atoms with van der Waals surface area (Å²) in [6, 6.07) is 14.3. The number of likely N-dealkylation sites (N-methyl/N-ethyl adjacent to an activating group) is 1. The average molecular weight is 366 g/mol. The van der Waals surface area contributed by atoms with Gasteiger partial charge in [-0.1, -0.05) is 24.3 Å². The van der Waals surface area contributed by atoms with Gasteiger partial charge in [0.25, 0.3) is 11.8 Å². The Morgan fingerprint density at radius 1 is 1.07 bits per heavy atom. The normalized spacial score (nSPS) is 14.1. The van der Waals surface area contributed by atoms with Crippen LogP contribution in [0.5, 0.6) is 5.75 Å². The number of hydrogen-bond acceptors (Lipinski definition) is 5. The third kappa shape index (κ3) is 3.44. The Hall–Kier alpha value is -3.12. The Bertz CT molecular complexity index is 903. The Balaban J connectivity index is 2.11. The number of benzene rings is 2. The second-order valence-electron chi connectivity index (χ2n) is 6.38. The van der Waals surface area contributed by atoms with E-state index in [1.165, 1.54) is 4.90 Å². The van der Waals surface area contributed by atoms with Crippen molar-refractivity contribution in [3.05, 3.63) is 65.4 Å². The smallest absolute Gasteiger partial charge is 0.282 e. The Morgan fingerprint density at radius 2 is 1.78 bits per heavy atom. The van der Waals surface area contributed by atoms with Gasteiger partial charge in [0.1, 0.15) is 11.4 Å². The highest BCUT2D eigenvalue weighted by molar-refractivity contribution is 6.45. The van der Waals surface area contributed by atoms with Crippen LogP contribution in [0.4, 0.5) is 5.69 Å². The van der Waals surface area contributed by atoms with Crippen LogP contribution in [0, 0.1) is 6.92 Å².